The minimum absolute atomic E-state index is 0.117. The summed E-state index contributed by atoms with van der Waals surface area (Å²) >= 11 is 0. The van der Waals surface area contributed by atoms with Crippen molar-refractivity contribution in [3.8, 4) is 5.75 Å². The van der Waals surface area contributed by atoms with Crippen molar-refractivity contribution in [2.45, 2.75) is 12.5 Å². The molecule has 5 aromatic carbocycles. The SMILES string of the molecule is COC(=O)[C@H](Cc1ccc(OCCNc2cccc3ccccc23)cc1)Nc1ccccc1C(=O)c1ccccc1. The Morgan fingerprint density at radius 2 is 1.41 bits per heavy atom. The van der Waals surface area contributed by atoms with Gasteiger partial charge in [0, 0.05) is 40.9 Å². The van der Waals surface area contributed by atoms with Crippen molar-refractivity contribution in [2.75, 3.05) is 30.9 Å². The highest BCUT2D eigenvalue weighted by Gasteiger charge is 2.22. The molecule has 6 nitrogen and oxygen atoms in total. The van der Waals surface area contributed by atoms with Gasteiger partial charge in [-0.05, 0) is 41.3 Å². The van der Waals surface area contributed by atoms with E-state index in [1.807, 2.05) is 72.8 Å². The second-order valence-electron chi connectivity index (χ2n) is 9.61. The Balaban J connectivity index is 1.20. The first-order chi connectivity index (χ1) is 20.1. The number of methoxy groups -OCH3 is 1. The van der Waals surface area contributed by atoms with E-state index in [2.05, 4.69) is 34.9 Å². The molecule has 0 saturated heterocycles. The van der Waals surface area contributed by atoms with Crippen molar-refractivity contribution in [3.63, 3.8) is 0 Å². The molecule has 0 heterocycles. The van der Waals surface area contributed by atoms with E-state index in [1.54, 1.807) is 24.3 Å². The molecule has 0 radical (unpaired) electrons. The summed E-state index contributed by atoms with van der Waals surface area (Å²) < 4.78 is 11.0. The Morgan fingerprint density at radius 1 is 0.732 bits per heavy atom. The predicted molar refractivity (Wildman–Crippen MR) is 164 cm³/mol. The lowest BCUT2D eigenvalue weighted by molar-refractivity contribution is -0.141. The summed E-state index contributed by atoms with van der Waals surface area (Å²) in [7, 11) is 1.36. The fourth-order valence-corrected chi connectivity index (χ4v) is 4.77. The number of anilines is 2. The molecule has 0 aromatic heterocycles. The highest BCUT2D eigenvalue weighted by molar-refractivity contribution is 6.12. The zero-order chi connectivity index (χ0) is 28.4. The first kappa shape index (κ1) is 27.5. The summed E-state index contributed by atoms with van der Waals surface area (Å²) in [6.07, 6.45) is 0.378. The Bertz CT molecular complexity index is 1610. The molecule has 0 bridgehead atoms. The van der Waals surface area contributed by atoms with Gasteiger partial charge in [-0.15, -0.1) is 0 Å². The van der Waals surface area contributed by atoms with E-state index in [-0.39, 0.29) is 5.78 Å². The number of hydrogen-bond donors (Lipinski definition) is 2. The van der Waals surface area contributed by atoms with Gasteiger partial charge in [0.1, 0.15) is 18.4 Å². The van der Waals surface area contributed by atoms with Gasteiger partial charge in [0.2, 0.25) is 0 Å². The van der Waals surface area contributed by atoms with E-state index in [9.17, 15) is 9.59 Å². The van der Waals surface area contributed by atoms with Gasteiger partial charge in [-0.3, -0.25) is 4.79 Å². The Hall–Kier alpha value is -5.10. The van der Waals surface area contributed by atoms with Gasteiger partial charge in [-0.1, -0.05) is 91.0 Å². The van der Waals surface area contributed by atoms with Crippen LogP contribution >= 0.6 is 0 Å². The summed E-state index contributed by atoms with van der Waals surface area (Å²) in [6.45, 7) is 1.16. The number of ketones is 1. The van der Waals surface area contributed by atoms with Crippen LogP contribution in [0.25, 0.3) is 10.8 Å². The normalized spacial score (nSPS) is 11.4. The van der Waals surface area contributed by atoms with Gasteiger partial charge in [-0.2, -0.15) is 0 Å². The molecule has 5 aromatic rings. The quantitative estimate of drug-likeness (QED) is 0.103. The van der Waals surface area contributed by atoms with Crippen LogP contribution in [0.1, 0.15) is 21.5 Å². The summed E-state index contributed by atoms with van der Waals surface area (Å²) in [5.74, 6) is 0.218. The van der Waals surface area contributed by atoms with E-state index in [0.29, 0.717) is 36.4 Å². The fraction of sp³-hybridized carbons (Fsp3) is 0.143. The zero-order valence-corrected chi connectivity index (χ0v) is 22.9. The molecule has 0 aliphatic rings. The second-order valence-corrected chi connectivity index (χ2v) is 9.61. The number of ether oxygens (including phenoxy) is 2. The summed E-state index contributed by atoms with van der Waals surface area (Å²) in [5, 5.41) is 9.07. The van der Waals surface area contributed by atoms with Crippen LogP contribution in [-0.4, -0.2) is 38.1 Å². The fourth-order valence-electron chi connectivity index (χ4n) is 4.77. The number of hydrogen-bond acceptors (Lipinski definition) is 6. The molecule has 1 atom stereocenters. The van der Waals surface area contributed by atoms with Gasteiger partial charge < -0.3 is 20.1 Å². The molecular weight excluding hydrogens is 512 g/mol. The first-order valence-electron chi connectivity index (χ1n) is 13.6. The van der Waals surface area contributed by atoms with Gasteiger partial charge in [0.05, 0.1) is 7.11 Å². The van der Waals surface area contributed by atoms with Gasteiger partial charge in [-0.25, -0.2) is 4.79 Å². The number of para-hydroxylation sites is 1. The number of carbonyl (C=O) groups is 2. The van der Waals surface area contributed by atoms with Crippen molar-refractivity contribution in [1.82, 2.24) is 0 Å². The number of nitrogens with one attached hydrogen (secondary N) is 2. The van der Waals surface area contributed by atoms with E-state index < -0.39 is 12.0 Å². The maximum atomic E-state index is 13.2. The molecule has 0 amide bonds. The molecule has 5 rings (SSSR count). The average molecular weight is 545 g/mol. The molecule has 6 heteroatoms. The third kappa shape index (κ3) is 6.92. The highest BCUT2D eigenvalue weighted by Crippen LogP contribution is 2.24. The van der Waals surface area contributed by atoms with E-state index in [1.165, 1.54) is 17.9 Å². The number of benzene rings is 5. The number of rotatable bonds is 12. The molecule has 0 fully saturated rings. The largest absolute Gasteiger partial charge is 0.492 e. The zero-order valence-electron chi connectivity index (χ0n) is 22.9. The molecule has 0 spiro atoms. The van der Waals surface area contributed by atoms with Crippen LogP contribution < -0.4 is 15.4 Å². The molecule has 2 N–H and O–H groups in total. The lowest BCUT2D eigenvalue weighted by Gasteiger charge is -2.20. The number of esters is 1. The van der Waals surface area contributed by atoms with E-state index in [4.69, 9.17) is 9.47 Å². The Morgan fingerprint density at radius 3 is 2.22 bits per heavy atom. The maximum absolute atomic E-state index is 13.2. The number of carbonyl (C=O) groups excluding carboxylic acids is 2. The number of fused-ring (bicyclic) bond motifs is 1. The lowest BCUT2D eigenvalue weighted by atomic mass is 10.00. The van der Waals surface area contributed by atoms with Crippen molar-refractivity contribution < 1.29 is 19.1 Å². The molecule has 0 aliphatic carbocycles. The molecular formula is C35H32N2O4. The first-order valence-corrected chi connectivity index (χ1v) is 13.6. The van der Waals surface area contributed by atoms with Crippen molar-refractivity contribution in [1.29, 1.82) is 0 Å². The monoisotopic (exact) mass is 544 g/mol. The molecule has 0 aliphatic heterocycles. The summed E-state index contributed by atoms with van der Waals surface area (Å²) in [5.41, 5.74) is 3.67. The summed E-state index contributed by atoms with van der Waals surface area (Å²) in [6, 6.07) is 37.8. The van der Waals surface area contributed by atoms with E-state index >= 15 is 0 Å². The Labute approximate surface area is 239 Å². The van der Waals surface area contributed by atoms with Crippen LogP contribution in [-0.2, 0) is 16.0 Å². The standard InChI is InChI=1S/C35H32N2O4/c1-40-35(39)33(37-32-16-8-7-15-30(32)34(38)27-11-3-2-4-12-27)24-25-18-20-28(21-19-25)41-23-22-36-31-17-9-13-26-10-5-6-14-29(26)31/h2-21,33,36-37H,22-24H2,1H3/t33-/m0/s1. The minimum Gasteiger partial charge on any atom is -0.492 e. The van der Waals surface area contributed by atoms with Crippen molar-refractivity contribution in [3.05, 3.63) is 138 Å². The van der Waals surface area contributed by atoms with Gasteiger partial charge in [0.15, 0.2) is 5.78 Å². The molecule has 0 unspecified atom stereocenters. The molecule has 41 heavy (non-hydrogen) atoms. The summed E-state index contributed by atoms with van der Waals surface area (Å²) in [4.78, 5) is 25.9. The van der Waals surface area contributed by atoms with Gasteiger partial charge in [0.25, 0.3) is 0 Å². The van der Waals surface area contributed by atoms with Crippen molar-refractivity contribution in [2.24, 2.45) is 0 Å². The second kappa shape index (κ2) is 13.3. The third-order valence-corrected chi connectivity index (χ3v) is 6.86. The van der Waals surface area contributed by atoms with E-state index in [0.717, 1.165) is 17.0 Å². The maximum Gasteiger partial charge on any atom is 0.328 e. The predicted octanol–water partition coefficient (Wildman–Crippen LogP) is 6.76. The van der Waals surface area contributed by atoms with Crippen LogP contribution in [0.3, 0.4) is 0 Å². The third-order valence-electron chi connectivity index (χ3n) is 6.86. The molecule has 206 valence electrons. The Kier molecular flexibility index (Phi) is 8.91. The van der Waals surface area contributed by atoms with Crippen molar-refractivity contribution >= 4 is 33.9 Å². The molecule has 0 saturated carbocycles. The van der Waals surface area contributed by atoms with Gasteiger partial charge >= 0.3 is 5.97 Å². The average Bonchev–Trinajstić information content (AvgIpc) is 3.03. The van der Waals surface area contributed by atoms with Crippen LogP contribution in [0.15, 0.2) is 121 Å². The van der Waals surface area contributed by atoms with Crippen LogP contribution in [0.2, 0.25) is 0 Å². The topological polar surface area (TPSA) is 76.7 Å². The van der Waals surface area contributed by atoms with Crippen LogP contribution in [0, 0.1) is 0 Å². The van der Waals surface area contributed by atoms with Crippen LogP contribution in [0.4, 0.5) is 11.4 Å². The van der Waals surface area contributed by atoms with Crippen LogP contribution in [0.5, 0.6) is 5.75 Å². The lowest BCUT2D eigenvalue weighted by Crippen LogP contribution is -2.33. The smallest absolute Gasteiger partial charge is 0.328 e. The highest BCUT2D eigenvalue weighted by atomic mass is 16.5. The minimum atomic E-state index is -0.679.